The Morgan fingerprint density at radius 2 is 2.27 bits per heavy atom. The molecule has 1 rings (SSSR count). The van der Waals surface area contributed by atoms with Gasteiger partial charge in [-0.05, 0) is 6.92 Å². The molecule has 0 radical (unpaired) electrons. The Kier molecular flexibility index (Phi) is 3.98. The number of carbonyl (C=O) groups is 2. The molecule has 0 spiro atoms. The zero-order valence-corrected chi connectivity index (χ0v) is 8.93. The Labute approximate surface area is 90.2 Å². The lowest BCUT2D eigenvalue weighted by Gasteiger charge is -2.01. The summed E-state index contributed by atoms with van der Waals surface area (Å²) < 4.78 is 3.96. The van der Waals surface area contributed by atoms with E-state index in [0.29, 0.717) is 17.5 Å². The molecular weight excluding hydrogens is 218 g/mol. The van der Waals surface area contributed by atoms with E-state index in [-0.39, 0.29) is 6.42 Å². The number of aryl methyl sites for hydroxylation is 1. The second kappa shape index (κ2) is 5.25. The van der Waals surface area contributed by atoms with Crippen LogP contribution >= 0.6 is 11.5 Å². The van der Waals surface area contributed by atoms with Crippen molar-refractivity contribution in [2.24, 2.45) is 5.73 Å². The monoisotopic (exact) mass is 229 g/mol. The summed E-state index contributed by atoms with van der Waals surface area (Å²) in [5.41, 5.74) is 4.77. The molecule has 4 N–H and O–H groups in total. The van der Waals surface area contributed by atoms with Crippen LogP contribution in [0.25, 0.3) is 0 Å². The standard InChI is InChI=1S/C7H11N5O2S/c1-4-10-7(15-12-4)9-3-2-5(13)11-6(8)14/h2-3H2,1H3,(H,9,10,12)(H3,8,11,13,14). The van der Waals surface area contributed by atoms with Gasteiger partial charge >= 0.3 is 6.03 Å². The van der Waals surface area contributed by atoms with Crippen molar-refractivity contribution in [2.75, 3.05) is 11.9 Å². The quantitative estimate of drug-likeness (QED) is 0.664. The summed E-state index contributed by atoms with van der Waals surface area (Å²) >= 11 is 1.22. The van der Waals surface area contributed by atoms with Crippen molar-refractivity contribution in [2.45, 2.75) is 13.3 Å². The summed E-state index contributed by atoms with van der Waals surface area (Å²) in [6, 6.07) is -0.841. The lowest BCUT2D eigenvalue weighted by atomic mass is 10.4. The summed E-state index contributed by atoms with van der Waals surface area (Å²) in [5.74, 6) is 0.264. The molecule has 0 fully saturated rings. The van der Waals surface area contributed by atoms with Crippen LogP contribution in [0.15, 0.2) is 0 Å². The van der Waals surface area contributed by atoms with Crippen molar-refractivity contribution < 1.29 is 9.59 Å². The molecule has 8 heteroatoms. The number of rotatable bonds is 4. The number of hydrogen-bond acceptors (Lipinski definition) is 6. The Morgan fingerprint density at radius 3 is 2.80 bits per heavy atom. The van der Waals surface area contributed by atoms with Crippen LogP contribution in [0.4, 0.5) is 9.93 Å². The number of nitrogens with one attached hydrogen (secondary N) is 2. The molecule has 0 aliphatic heterocycles. The molecule has 0 atom stereocenters. The van der Waals surface area contributed by atoms with Crippen molar-refractivity contribution in [3.05, 3.63) is 5.82 Å². The third-order valence-electron chi connectivity index (χ3n) is 1.42. The molecule has 0 aliphatic carbocycles. The van der Waals surface area contributed by atoms with E-state index in [0.717, 1.165) is 0 Å². The topological polar surface area (TPSA) is 110 Å². The fourth-order valence-electron chi connectivity index (χ4n) is 0.852. The van der Waals surface area contributed by atoms with Crippen LogP contribution in [0, 0.1) is 6.92 Å². The Morgan fingerprint density at radius 1 is 1.53 bits per heavy atom. The highest BCUT2D eigenvalue weighted by Crippen LogP contribution is 2.09. The number of aromatic nitrogens is 2. The van der Waals surface area contributed by atoms with Gasteiger partial charge in [0.15, 0.2) is 0 Å². The van der Waals surface area contributed by atoms with E-state index in [1.807, 2.05) is 5.32 Å². The number of nitrogens with two attached hydrogens (primary N) is 1. The normalized spacial score (nSPS) is 9.67. The van der Waals surface area contributed by atoms with Gasteiger partial charge in [0.05, 0.1) is 0 Å². The van der Waals surface area contributed by atoms with Crippen molar-refractivity contribution >= 4 is 28.6 Å². The number of nitrogens with zero attached hydrogens (tertiary/aromatic N) is 2. The SMILES string of the molecule is Cc1nsc(NCCC(=O)NC(N)=O)n1. The number of amides is 3. The Bertz CT molecular complexity index is 364. The van der Waals surface area contributed by atoms with Crippen molar-refractivity contribution in [1.29, 1.82) is 0 Å². The van der Waals surface area contributed by atoms with Crippen molar-refractivity contribution in [3.8, 4) is 0 Å². The van der Waals surface area contributed by atoms with Gasteiger partial charge in [0.1, 0.15) is 5.82 Å². The number of primary amides is 1. The minimum atomic E-state index is -0.841. The van der Waals surface area contributed by atoms with Crippen LogP contribution in [-0.2, 0) is 4.79 Å². The summed E-state index contributed by atoms with van der Waals surface area (Å²) in [5, 5.41) is 5.52. The maximum atomic E-state index is 11.0. The minimum Gasteiger partial charge on any atom is -0.360 e. The number of hydrogen-bond donors (Lipinski definition) is 3. The zero-order chi connectivity index (χ0) is 11.3. The number of imide groups is 1. The highest BCUT2D eigenvalue weighted by molar-refractivity contribution is 7.09. The van der Waals surface area contributed by atoms with E-state index in [9.17, 15) is 9.59 Å². The minimum absolute atomic E-state index is 0.154. The van der Waals surface area contributed by atoms with Crippen LogP contribution in [0.1, 0.15) is 12.2 Å². The summed E-state index contributed by atoms with van der Waals surface area (Å²) in [6.45, 7) is 2.16. The van der Waals surface area contributed by atoms with Crippen LogP contribution in [0.5, 0.6) is 0 Å². The summed E-state index contributed by atoms with van der Waals surface area (Å²) in [6.07, 6.45) is 0.154. The summed E-state index contributed by atoms with van der Waals surface area (Å²) in [7, 11) is 0. The zero-order valence-electron chi connectivity index (χ0n) is 8.11. The number of carbonyl (C=O) groups excluding carboxylic acids is 2. The molecule has 0 aromatic carbocycles. The smallest absolute Gasteiger partial charge is 0.318 e. The first-order chi connectivity index (χ1) is 7.08. The number of urea groups is 1. The van der Waals surface area contributed by atoms with Gasteiger partial charge < -0.3 is 11.1 Å². The molecule has 1 aromatic heterocycles. The third kappa shape index (κ3) is 4.36. The maximum absolute atomic E-state index is 11.0. The van der Waals surface area contributed by atoms with Gasteiger partial charge in [0.2, 0.25) is 11.0 Å². The average Bonchev–Trinajstić information content (AvgIpc) is 2.50. The average molecular weight is 229 g/mol. The van der Waals surface area contributed by atoms with Crippen molar-refractivity contribution in [1.82, 2.24) is 14.7 Å². The largest absolute Gasteiger partial charge is 0.360 e. The second-order valence-electron chi connectivity index (χ2n) is 2.74. The van der Waals surface area contributed by atoms with Gasteiger partial charge in [-0.3, -0.25) is 10.1 Å². The molecule has 15 heavy (non-hydrogen) atoms. The second-order valence-corrected chi connectivity index (χ2v) is 3.49. The molecule has 1 aromatic rings. The van der Waals surface area contributed by atoms with Crippen LogP contribution in [-0.4, -0.2) is 27.8 Å². The Hall–Kier alpha value is -1.70. The summed E-state index contributed by atoms with van der Waals surface area (Å²) in [4.78, 5) is 25.3. The van der Waals surface area contributed by atoms with Gasteiger partial charge in [-0.1, -0.05) is 0 Å². The molecule has 0 saturated heterocycles. The van der Waals surface area contributed by atoms with Gasteiger partial charge in [-0.15, -0.1) is 0 Å². The first kappa shape index (κ1) is 11.4. The first-order valence-electron chi connectivity index (χ1n) is 4.21. The molecule has 82 valence electrons. The molecule has 3 amide bonds. The molecule has 0 aliphatic rings. The Balaban J connectivity index is 2.22. The molecule has 0 unspecified atom stereocenters. The number of anilines is 1. The van der Waals surface area contributed by atoms with E-state index in [2.05, 4.69) is 14.7 Å². The lowest BCUT2D eigenvalue weighted by molar-refractivity contribution is -0.119. The van der Waals surface area contributed by atoms with Crippen LogP contribution in [0.3, 0.4) is 0 Å². The molecule has 1 heterocycles. The molecule has 7 nitrogen and oxygen atoms in total. The maximum Gasteiger partial charge on any atom is 0.318 e. The predicted octanol–water partition coefficient (Wildman–Crippen LogP) is -0.157. The molecular formula is C7H11N5O2S. The van der Waals surface area contributed by atoms with E-state index in [1.54, 1.807) is 6.92 Å². The van der Waals surface area contributed by atoms with Gasteiger partial charge in [0.25, 0.3) is 0 Å². The highest BCUT2D eigenvalue weighted by atomic mass is 32.1. The van der Waals surface area contributed by atoms with Crippen molar-refractivity contribution in [3.63, 3.8) is 0 Å². The van der Waals surface area contributed by atoms with Crippen LogP contribution < -0.4 is 16.4 Å². The van der Waals surface area contributed by atoms with Gasteiger partial charge in [-0.2, -0.15) is 4.37 Å². The van der Waals surface area contributed by atoms with E-state index in [4.69, 9.17) is 5.73 Å². The van der Waals surface area contributed by atoms with Crippen LogP contribution in [0.2, 0.25) is 0 Å². The highest BCUT2D eigenvalue weighted by Gasteiger charge is 2.04. The lowest BCUT2D eigenvalue weighted by Crippen LogP contribution is -2.35. The predicted molar refractivity (Wildman–Crippen MR) is 55.5 cm³/mol. The first-order valence-corrected chi connectivity index (χ1v) is 4.98. The molecule has 0 bridgehead atoms. The van der Waals surface area contributed by atoms with Gasteiger partial charge in [-0.25, -0.2) is 9.78 Å². The van der Waals surface area contributed by atoms with Gasteiger partial charge in [0, 0.05) is 24.5 Å². The van der Waals surface area contributed by atoms with E-state index < -0.39 is 11.9 Å². The molecule has 0 saturated carbocycles. The van der Waals surface area contributed by atoms with E-state index >= 15 is 0 Å². The fraction of sp³-hybridized carbons (Fsp3) is 0.429. The van der Waals surface area contributed by atoms with E-state index in [1.165, 1.54) is 11.5 Å². The fourth-order valence-corrected chi connectivity index (χ4v) is 1.45. The third-order valence-corrected chi connectivity index (χ3v) is 2.18.